The zero-order chi connectivity index (χ0) is 22.7. The van der Waals surface area contributed by atoms with Gasteiger partial charge in [-0.3, -0.25) is 15.4 Å². The highest BCUT2D eigenvalue weighted by Gasteiger charge is 2.26. The maximum absolute atomic E-state index is 13.6. The highest BCUT2D eigenvalue weighted by atomic mass is 16.2. The molecule has 0 fully saturated rings. The van der Waals surface area contributed by atoms with E-state index in [1.165, 1.54) is 4.80 Å². The Morgan fingerprint density at radius 2 is 1.84 bits per heavy atom. The maximum atomic E-state index is 13.6. The summed E-state index contributed by atoms with van der Waals surface area (Å²) in [5.74, 6) is 3.90. The van der Waals surface area contributed by atoms with Crippen molar-refractivity contribution in [3.63, 3.8) is 0 Å². The lowest BCUT2D eigenvalue weighted by molar-refractivity contribution is -0.112. The van der Waals surface area contributed by atoms with Crippen molar-refractivity contribution in [2.75, 3.05) is 5.32 Å². The van der Waals surface area contributed by atoms with Crippen LogP contribution in [0.25, 0.3) is 16.6 Å². The molecule has 0 aliphatic carbocycles. The van der Waals surface area contributed by atoms with Gasteiger partial charge in [0, 0.05) is 22.8 Å². The third-order valence-electron chi connectivity index (χ3n) is 4.76. The van der Waals surface area contributed by atoms with Crippen LogP contribution in [0.3, 0.4) is 0 Å². The molecule has 0 saturated heterocycles. The van der Waals surface area contributed by atoms with Crippen LogP contribution in [-0.2, 0) is 4.79 Å². The number of anilines is 1. The molecular weight excluding hydrogens is 408 g/mol. The second-order valence-corrected chi connectivity index (χ2v) is 6.81. The summed E-state index contributed by atoms with van der Waals surface area (Å²) in [6, 6.07) is 18.1. The number of rotatable bonds is 6. The van der Waals surface area contributed by atoms with Crippen molar-refractivity contribution >= 4 is 28.4 Å². The molecule has 0 aliphatic heterocycles. The number of aryl methyl sites for hydroxylation is 1. The minimum absolute atomic E-state index is 0.0620. The summed E-state index contributed by atoms with van der Waals surface area (Å²) in [6.45, 7) is 1.79. The van der Waals surface area contributed by atoms with Crippen LogP contribution < -0.4 is 16.6 Å². The third-order valence-corrected chi connectivity index (χ3v) is 4.76. The van der Waals surface area contributed by atoms with Crippen LogP contribution in [-0.4, -0.2) is 31.7 Å². The van der Waals surface area contributed by atoms with Crippen molar-refractivity contribution in [1.29, 1.82) is 5.26 Å². The Morgan fingerprint density at radius 3 is 2.56 bits per heavy atom. The SMILES string of the molecule is Cc1[nH]c2ccccc2c1C(=O)c1nn(-c2ccccc2)nc1NC(=O)/C(C#N)=C/NN. The van der Waals surface area contributed by atoms with Crippen LogP contribution in [0.2, 0.25) is 0 Å². The van der Waals surface area contributed by atoms with Crippen LogP contribution in [0.1, 0.15) is 21.7 Å². The molecule has 0 unspecified atom stereocenters. The number of carbonyl (C=O) groups excluding carboxylic acids is 2. The number of H-pyrrole nitrogens is 1. The highest BCUT2D eigenvalue weighted by Crippen LogP contribution is 2.26. The lowest BCUT2D eigenvalue weighted by atomic mass is 10.0. The Balaban J connectivity index is 1.83. The number of hydrazine groups is 1. The van der Waals surface area contributed by atoms with Gasteiger partial charge < -0.3 is 15.7 Å². The second-order valence-electron chi connectivity index (χ2n) is 6.81. The molecule has 4 rings (SSSR count). The molecule has 0 atom stereocenters. The first-order chi connectivity index (χ1) is 15.5. The Labute approximate surface area is 182 Å². The molecule has 0 bridgehead atoms. The Bertz CT molecular complexity index is 1390. The number of carbonyl (C=O) groups is 2. The van der Waals surface area contributed by atoms with E-state index in [1.807, 2.05) is 30.3 Å². The number of fused-ring (bicyclic) bond motifs is 1. The summed E-state index contributed by atoms with van der Waals surface area (Å²) in [4.78, 5) is 30.5. The number of ketones is 1. The molecule has 4 aromatic rings. The average Bonchev–Trinajstić information content (AvgIpc) is 3.37. The van der Waals surface area contributed by atoms with Crippen molar-refractivity contribution in [2.45, 2.75) is 6.92 Å². The van der Waals surface area contributed by atoms with Gasteiger partial charge in [0.05, 0.1) is 11.3 Å². The van der Waals surface area contributed by atoms with Gasteiger partial charge in [0.1, 0.15) is 11.6 Å². The molecule has 0 radical (unpaired) electrons. The van der Waals surface area contributed by atoms with Gasteiger partial charge in [-0.25, -0.2) is 0 Å². The Kier molecular flexibility index (Phi) is 5.48. The number of nitrogens with two attached hydrogens (primary N) is 1. The molecule has 32 heavy (non-hydrogen) atoms. The summed E-state index contributed by atoms with van der Waals surface area (Å²) < 4.78 is 0. The predicted octanol–water partition coefficient (Wildman–Crippen LogP) is 2.10. The van der Waals surface area contributed by atoms with Crippen LogP contribution in [0.5, 0.6) is 0 Å². The number of nitrogens with zero attached hydrogens (tertiary/aromatic N) is 4. The Hall–Kier alpha value is -4.75. The van der Waals surface area contributed by atoms with Gasteiger partial charge in [0.2, 0.25) is 5.78 Å². The molecule has 1 amide bonds. The van der Waals surface area contributed by atoms with Crippen LogP contribution in [0.15, 0.2) is 66.4 Å². The molecule has 0 saturated carbocycles. The number of benzene rings is 2. The van der Waals surface area contributed by atoms with Crippen LogP contribution >= 0.6 is 0 Å². The molecule has 2 heterocycles. The Morgan fingerprint density at radius 1 is 1.12 bits per heavy atom. The van der Waals surface area contributed by atoms with Crippen LogP contribution in [0.4, 0.5) is 5.82 Å². The van der Waals surface area contributed by atoms with E-state index in [0.717, 1.165) is 17.1 Å². The van der Waals surface area contributed by atoms with Crippen molar-refractivity contribution in [1.82, 2.24) is 25.4 Å². The van der Waals surface area contributed by atoms with Gasteiger partial charge in [0.15, 0.2) is 11.5 Å². The van der Waals surface area contributed by atoms with Gasteiger partial charge in [-0.15, -0.1) is 15.0 Å². The molecule has 0 spiro atoms. The van der Waals surface area contributed by atoms with E-state index >= 15 is 0 Å². The molecule has 10 nitrogen and oxygen atoms in total. The van der Waals surface area contributed by atoms with Gasteiger partial charge >= 0.3 is 0 Å². The maximum Gasteiger partial charge on any atom is 0.269 e. The van der Waals surface area contributed by atoms with E-state index < -0.39 is 11.7 Å². The topological polar surface area (TPSA) is 155 Å². The van der Waals surface area contributed by atoms with Crippen molar-refractivity contribution in [2.24, 2.45) is 5.84 Å². The zero-order valence-corrected chi connectivity index (χ0v) is 17.0. The number of hydrogen-bond donors (Lipinski definition) is 4. The number of hydrogen-bond acceptors (Lipinski definition) is 7. The fourth-order valence-corrected chi connectivity index (χ4v) is 3.31. The third kappa shape index (κ3) is 3.71. The second kappa shape index (κ2) is 8.55. The zero-order valence-electron chi connectivity index (χ0n) is 17.0. The quantitative estimate of drug-likeness (QED) is 0.121. The minimum Gasteiger partial charge on any atom is -0.358 e. The van der Waals surface area contributed by atoms with Gasteiger partial charge in [0.25, 0.3) is 5.91 Å². The average molecular weight is 426 g/mol. The van der Waals surface area contributed by atoms with Crippen molar-refractivity contribution in [3.05, 3.63) is 83.3 Å². The largest absolute Gasteiger partial charge is 0.358 e. The molecule has 10 heteroatoms. The van der Waals surface area contributed by atoms with E-state index in [0.29, 0.717) is 16.9 Å². The van der Waals surface area contributed by atoms with Gasteiger partial charge in [-0.05, 0) is 25.1 Å². The molecule has 2 aromatic heterocycles. The van der Waals surface area contributed by atoms with Crippen molar-refractivity contribution in [3.8, 4) is 11.8 Å². The van der Waals surface area contributed by atoms with Gasteiger partial charge in [-0.2, -0.15) is 5.26 Å². The molecular formula is C22H18N8O2. The first-order valence-electron chi connectivity index (χ1n) is 9.56. The van der Waals surface area contributed by atoms with E-state index in [9.17, 15) is 14.9 Å². The monoisotopic (exact) mass is 426 g/mol. The number of nitriles is 1. The normalized spacial score (nSPS) is 11.2. The smallest absolute Gasteiger partial charge is 0.269 e. The first-order valence-corrected chi connectivity index (χ1v) is 9.56. The lowest BCUT2D eigenvalue weighted by Crippen LogP contribution is -2.21. The van der Waals surface area contributed by atoms with Gasteiger partial charge in [-0.1, -0.05) is 36.4 Å². The fourth-order valence-electron chi connectivity index (χ4n) is 3.31. The molecule has 0 aliphatic rings. The van der Waals surface area contributed by atoms with E-state index in [-0.39, 0.29) is 17.1 Å². The number of nitrogens with one attached hydrogen (secondary N) is 3. The summed E-state index contributed by atoms with van der Waals surface area (Å²) in [5.41, 5.74) is 4.28. The lowest BCUT2D eigenvalue weighted by Gasteiger charge is -2.03. The number of para-hydroxylation sites is 2. The minimum atomic E-state index is -0.782. The summed E-state index contributed by atoms with van der Waals surface area (Å²) in [6.07, 6.45) is 1.04. The van der Waals surface area contributed by atoms with E-state index in [4.69, 9.17) is 5.84 Å². The fraction of sp³-hybridized carbons (Fsp3) is 0.0455. The molecule has 158 valence electrons. The first kappa shape index (κ1) is 20.5. The van der Waals surface area contributed by atoms with E-state index in [2.05, 4.69) is 25.9 Å². The molecule has 5 N–H and O–H groups in total. The summed E-state index contributed by atoms with van der Waals surface area (Å²) >= 11 is 0. The number of aromatic nitrogens is 4. The summed E-state index contributed by atoms with van der Waals surface area (Å²) in [7, 11) is 0. The van der Waals surface area contributed by atoms with Crippen molar-refractivity contribution < 1.29 is 9.59 Å². The number of aromatic amines is 1. The highest BCUT2D eigenvalue weighted by molar-refractivity contribution is 6.19. The molecule has 2 aromatic carbocycles. The summed E-state index contributed by atoms with van der Waals surface area (Å²) in [5, 5.41) is 21.1. The van der Waals surface area contributed by atoms with Crippen LogP contribution in [0, 0.1) is 18.3 Å². The van der Waals surface area contributed by atoms with E-state index in [1.54, 1.807) is 37.3 Å². The standard InChI is InChI=1S/C22H18N8O2/c1-13-18(16-9-5-6-10-17(16)26-13)20(31)19-21(27-22(32)14(11-23)12-25-24)29-30(28-19)15-7-3-2-4-8-15/h2-10,12,25-26H,24H2,1H3,(H,27,29,32)/b14-12+. The predicted molar refractivity (Wildman–Crippen MR) is 117 cm³/mol. The number of amides is 1.